The Balaban J connectivity index is 1.08. The highest BCUT2D eigenvalue weighted by atomic mass is 16.5. The average Bonchev–Trinajstić information content (AvgIpc) is 3.65. The molecule has 0 fully saturated rings. The van der Waals surface area contributed by atoms with E-state index in [9.17, 15) is 4.79 Å². The van der Waals surface area contributed by atoms with Crippen LogP contribution in [-0.2, 0) is 48.2 Å². The van der Waals surface area contributed by atoms with Crippen LogP contribution in [0.2, 0.25) is 0 Å². The van der Waals surface area contributed by atoms with Crippen molar-refractivity contribution in [2.24, 2.45) is 0 Å². The van der Waals surface area contributed by atoms with Gasteiger partial charge in [0.15, 0.2) is 11.6 Å². The van der Waals surface area contributed by atoms with Gasteiger partial charge in [0.1, 0.15) is 29.4 Å². The lowest BCUT2D eigenvalue weighted by Gasteiger charge is -2.27. The van der Waals surface area contributed by atoms with E-state index in [-0.39, 0.29) is 10.5 Å². The van der Waals surface area contributed by atoms with Crippen LogP contribution in [0.25, 0.3) is 22.1 Å². The third-order valence-electron chi connectivity index (χ3n) is 9.93. The van der Waals surface area contributed by atoms with Crippen molar-refractivity contribution in [3.05, 3.63) is 34.2 Å². The number of urea groups is 1. The summed E-state index contributed by atoms with van der Waals surface area (Å²) in [5.41, 5.74) is 20.9. The normalized spacial score (nSPS) is 13.4. The lowest BCUT2D eigenvalue weighted by Crippen LogP contribution is -2.55. The predicted octanol–water partition coefficient (Wildman–Crippen LogP) is 3.81. The lowest BCUT2D eigenvalue weighted by atomic mass is 9.95. The van der Waals surface area contributed by atoms with Crippen molar-refractivity contribution in [2.45, 2.75) is 91.1 Å². The number of hydrogen-bond donors (Lipinski definition) is 4. The van der Waals surface area contributed by atoms with Crippen molar-refractivity contribution in [1.29, 1.82) is 0 Å². The molecule has 4 heterocycles. The van der Waals surface area contributed by atoms with Crippen molar-refractivity contribution in [2.75, 3.05) is 72.8 Å². The molecular weight excluding hydrogens is 634 g/mol. The number of unbranched alkanes of at least 4 members (excludes halogenated alkanes) is 2. The highest BCUT2D eigenvalue weighted by Gasteiger charge is 2.26. The molecule has 4 aromatic rings. The number of nitrogens with one attached hydrogen (secondary N) is 2. The van der Waals surface area contributed by atoms with Crippen molar-refractivity contribution in [3.63, 3.8) is 0 Å². The van der Waals surface area contributed by atoms with Gasteiger partial charge >= 0.3 is 6.03 Å². The maximum Gasteiger partial charge on any atom is 0.417 e. The molecule has 0 saturated heterocycles. The zero-order valence-corrected chi connectivity index (χ0v) is 31.0. The van der Waals surface area contributed by atoms with Crippen LogP contribution in [0.5, 0.6) is 0 Å². The summed E-state index contributed by atoms with van der Waals surface area (Å²) in [6.07, 6.45) is 9.46. The molecule has 1 aliphatic rings. The average molecular weight is 693 g/mol. The molecule has 4 aromatic heterocycles. The zero-order valence-electron chi connectivity index (χ0n) is 31.0. The molecule has 1 aliphatic carbocycles. The predicted molar refractivity (Wildman–Crippen MR) is 198 cm³/mol. The molecule has 6 N–H and O–H groups in total. The minimum Gasteiger partial charge on any atom is -0.384 e. The van der Waals surface area contributed by atoms with E-state index in [4.69, 9.17) is 35.9 Å². The Labute approximate surface area is 295 Å². The molecular formula is C36H58N11O3+. The van der Waals surface area contributed by atoms with Crippen molar-refractivity contribution >= 4 is 39.7 Å². The monoisotopic (exact) mass is 692 g/mol. The molecule has 0 atom stereocenters. The van der Waals surface area contributed by atoms with Crippen LogP contribution in [0.1, 0.15) is 72.7 Å². The summed E-state index contributed by atoms with van der Waals surface area (Å²) in [4.78, 5) is 32.1. The van der Waals surface area contributed by atoms with Crippen LogP contribution >= 0.6 is 0 Å². The standard InChI is InChI=1S/C36H57N11O3/c1-24-25(2)41-34(37)30-32(24)45(28(43-30)15-21-49-5)19-12-10-18-40-36(48)47(3,4)23-39-17-9-11-20-46-29(16-22-50-6)44-31-33(46)26-13-7-8-14-27(26)42-35(31)38/h39H,7-23H2,1-6H3,(H4-,37,38,40,41,42,48)/p+1. The highest BCUT2D eigenvalue weighted by molar-refractivity contribution is 5.89. The second-order valence-corrected chi connectivity index (χ2v) is 14.1. The summed E-state index contributed by atoms with van der Waals surface area (Å²) in [6, 6.07) is 0.000300. The first-order valence-electron chi connectivity index (χ1n) is 18.2. The molecule has 0 spiro atoms. The van der Waals surface area contributed by atoms with Gasteiger partial charge in [-0.3, -0.25) is 5.32 Å². The number of imidazole rings is 2. The van der Waals surface area contributed by atoms with Gasteiger partial charge in [0, 0.05) is 64.6 Å². The Kier molecular flexibility index (Phi) is 12.6. The number of nitrogen functional groups attached to an aromatic ring is 2. The first-order valence-corrected chi connectivity index (χ1v) is 18.2. The molecule has 0 unspecified atom stereocenters. The Morgan fingerprint density at radius 1 is 0.800 bits per heavy atom. The number of quaternary nitrogens is 1. The fourth-order valence-corrected chi connectivity index (χ4v) is 7.00. The molecule has 0 bridgehead atoms. The third-order valence-corrected chi connectivity index (χ3v) is 9.93. The Morgan fingerprint density at radius 2 is 1.38 bits per heavy atom. The van der Waals surface area contributed by atoms with Crippen LogP contribution in [0.4, 0.5) is 16.4 Å². The molecule has 0 aromatic carbocycles. The van der Waals surface area contributed by atoms with E-state index in [2.05, 4.69) is 31.7 Å². The second kappa shape index (κ2) is 16.9. The van der Waals surface area contributed by atoms with Gasteiger partial charge in [0.2, 0.25) is 0 Å². The summed E-state index contributed by atoms with van der Waals surface area (Å²) in [7, 11) is 7.29. The van der Waals surface area contributed by atoms with Gasteiger partial charge in [-0.1, -0.05) is 0 Å². The summed E-state index contributed by atoms with van der Waals surface area (Å²) >= 11 is 0. The quantitative estimate of drug-likeness (QED) is 0.0683. The van der Waals surface area contributed by atoms with Crippen molar-refractivity contribution in [3.8, 4) is 0 Å². The van der Waals surface area contributed by atoms with Gasteiger partial charge in [0.25, 0.3) is 0 Å². The molecule has 50 heavy (non-hydrogen) atoms. The largest absolute Gasteiger partial charge is 0.417 e. The molecule has 274 valence electrons. The number of aryl methyl sites for hydroxylation is 6. The second-order valence-electron chi connectivity index (χ2n) is 14.1. The first kappa shape index (κ1) is 37.4. The van der Waals surface area contributed by atoms with Gasteiger partial charge in [-0.15, -0.1) is 0 Å². The molecule has 14 nitrogen and oxygen atoms in total. The number of carbonyl (C=O) groups is 1. The fraction of sp³-hybridized carbons (Fsp3) is 0.639. The van der Waals surface area contributed by atoms with E-state index >= 15 is 0 Å². The lowest BCUT2D eigenvalue weighted by molar-refractivity contribution is -0.812. The number of amides is 2. The number of ether oxygens (including phenoxy) is 2. The molecule has 5 rings (SSSR count). The summed E-state index contributed by atoms with van der Waals surface area (Å²) in [6.45, 7) is 8.85. The zero-order chi connectivity index (χ0) is 35.8. The SMILES string of the molecule is COCCc1nc2c(N)nc(C)c(C)c2n1CCCCNC(=O)[N+](C)(C)CNCCCCn1c(CCOC)nc2c(N)nc3c(c21)CCCC3. The van der Waals surface area contributed by atoms with Crippen LogP contribution in [0, 0.1) is 13.8 Å². The number of carbonyl (C=O) groups excluding carboxylic acids is 1. The number of anilines is 2. The van der Waals surface area contributed by atoms with Crippen LogP contribution < -0.4 is 22.1 Å². The van der Waals surface area contributed by atoms with Crippen LogP contribution in [-0.4, -0.2) is 101 Å². The molecule has 0 radical (unpaired) electrons. The minimum absolute atomic E-state index is 0.000300. The highest BCUT2D eigenvalue weighted by Crippen LogP contribution is 2.32. The number of rotatable bonds is 18. The molecule has 0 saturated carbocycles. The van der Waals surface area contributed by atoms with Crippen LogP contribution in [0.3, 0.4) is 0 Å². The number of fused-ring (bicyclic) bond motifs is 4. The number of nitrogens with zero attached hydrogens (tertiary/aromatic N) is 7. The van der Waals surface area contributed by atoms with Gasteiger partial charge in [0.05, 0.1) is 38.3 Å². The molecule has 14 heteroatoms. The smallest absolute Gasteiger partial charge is 0.384 e. The van der Waals surface area contributed by atoms with Gasteiger partial charge in [-0.2, -0.15) is 0 Å². The summed E-state index contributed by atoms with van der Waals surface area (Å²) in [5, 5.41) is 6.65. The molecule has 2 amide bonds. The minimum atomic E-state index is 0.000300. The molecule has 0 aliphatic heterocycles. The number of methoxy groups -OCH3 is 2. The van der Waals surface area contributed by atoms with E-state index < -0.39 is 0 Å². The number of pyridine rings is 2. The number of hydrogen-bond acceptors (Lipinski definition) is 10. The van der Waals surface area contributed by atoms with E-state index in [1.807, 2.05) is 21.0 Å². The van der Waals surface area contributed by atoms with Gasteiger partial charge in [-0.05, 0) is 76.3 Å². The van der Waals surface area contributed by atoms with E-state index in [0.717, 1.165) is 122 Å². The topological polar surface area (TPSA) is 173 Å². The maximum atomic E-state index is 13.1. The fourth-order valence-electron chi connectivity index (χ4n) is 7.00. The summed E-state index contributed by atoms with van der Waals surface area (Å²) in [5.74, 6) is 2.95. The van der Waals surface area contributed by atoms with Crippen molar-refractivity contribution < 1.29 is 18.8 Å². The first-order chi connectivity index (χ1) is 24.1. The number of nitrogens with two attached hydrogens (primary N) is 2. The summed E-state index contributed by atoms with van der Waals surface area (Å²) < 4.78 is 15.5. The van der Waals surface area contributed by atoms with E-state index in [1.54, 1.807) is 14.2 Å². The van der Waals surface area contributed by atoms with Crippen molar-refractivity contribution in [1.82, 2.24) is 39.7 Å². The van der Waals surface area contributed by atoms with E-state index in [1.165, 1.54) is 12.0 Å². The number of aromatic nitrogens is 6. The van der Waals surface area contributed by atoms with E-state index in [0.29, 0.717) is 44.5 Å². The van der Waals surface area contributed by atoms with Gasteiger partial charge in [-0.25, -0.2) is 29.2 Å². The Morgan fingerprint density at radius 3 is 2.04 bits per heavy atom. The maximum absolute atomic E-state index is 13.1. The Bertz CT molecular complexity index is 1780. The Hall–Kier alpha value is -3.85. The third kappa shape index (κ3) is 8.36. The van der Waals surface area contributed by atoms with Crippen LogP contribution in [0.15, 0.2) is 0 Å². The van der Waals surface area contributed by atoms with Gasteiger partial charge < -0.3 is 35.4 Å².